The van der Waals surface area contributed by atoms with E-state index in [1.165, 1.54) is 15.9 Å². The minimum Gasteiger partial charge on any atom is -0.465 e. The highest BCUT2D eigenvalue weighted by Gasteiger charge is 2.37. The zero-order valence-electron chi connectivity index (χ0n) is 24.7. The fourth-order valence-corrected chi connectivity index (χ4v) is 6.44. The normalized spacial score (nSPS) is 14.1. The highest BCUT2D eigenvalue weighted by molar-refractivity contribution is 7.54. The Hall–Kier alpha value is -4.32. The van der Waals surface area contributed by atoms with Crippen LogP contribution in [0.3, 0.4) is 0 Å². The number of aromatic nitrogens is 2. The molecule has 0 unspecified atom stereocenters. The third kappa shape index (κ3) is 8.85. The number of carbonyl (C=O) groups excluding carboxylic acids is 2. The van der Waals surface area contributed by atoms with Crippen LogP contribution in [0.4, 0.5) is 10.6 Å². The summed E-state index contributed by atoms with van der Waals surface area (Å²) in [5.74, 6) is -0.511. The van der Waals surface area contributed by atoms with Gasteiger partial charge in [0.2, 0.25) is 5.91 Å². The molecule has 3 N–H and O–H groups in total. The van der Waals surface area contributed by atoms with Crippen molar-refractivity contribution in [2.45, 2.75) is 26.4 Å². The molecule has 0 bridgehead atoms. The van der Waals surface area contributed by atoms with Crippen LogP contribution in [0.2, 0.25) is 0 Å². The summed E-state index contributed by atoms with van der Waals surface area (Å²) in [4.78, 5) is 50.6. The first kappa shape index (κ1) is 32.6. The summed E-state index contributed by atoms with van der Waals surface area (Å²) < 4.78 is 24.4. The topological polar surface area (TPSA) is 163 Å². The molecule has 2 heterocycles. The predicted molar refractivity (Wildman–Crippen MR) is 164 cm³/mol. The summed E-state index contributed by atoms with van der Waals surface area (Å²) in [5, 5.41) is 15.2. The minimum atomic E-state index is -3.78. The van der Waals surface area contributed by atoms with Gasteiger partial charge in [0.25, 0.3) is 5.91 Å². The zero-order chi connectivity index (χ0) is 31.5. The van der Waals surface area contributed by atoms with Crippen LogP contribution < -0.4 is 10.6 Å². The number of carbonyl (C=O) groups is 3. The lowest BCUT2D eigenvalue weighted by molar-refractivity contribution is -0.134. The molecule has 1 aromatic heterocycles. The van der Waals surface area contributed by atoms with Crippen LogP contribution in [0.5, 0.6) is 0 Å². The Balaban J connectivity index is 1.62. The molecule has 0 spiro atoms. The number of hydrogen-bond donors (Lipinski definition) is 3. The van der Waals surface area contributed by atoms with Gasteiger partial charge in [0.15, 0.2) is 5.82 Å². The minimum absolute atomic E-state index is 0.00874. The van der Waals surface area contributed by atoms with E-state index in [0.29, 0.717) is 23.8 Å². The number of nitrogens with one attached hydrogen (secondary N) is 2. The van der Waals surface area contributed by atoms with E-state index in [0.717, 1.165) is 5.56 Å². The second-order valence-electron chi connectivity index (χ2n) is 9.92. The van der Waals surface area contributed by atoms with Crippen LogP contribution in [0.25, 0.3) is 11.4 Å². The SMILES string of the molecule is CCOP(=O)(C[C@H](NC(=O)c1cc(NCc2ccccc2)nc(-c2ccccc2)n1)C(=O)N1CCN(C(=O)O)CC1)OCC. The standard InChI is InChI=1S/C30H37N6O7P/c1-3-42-44(41,43-4-2)21-25(29(38)35-15-17-36(18-16-35)30(39)40)33-28(37)24-19-26(31-20-22-11-7-5-8-12-22)34-27(32-24)23-13-9-6-10-14-23/h5-14,19,25H,3-4,15-18,20-21H2,1-2H3,(H,33,37)(H,39,40)(H,31,32,34)/t25-/m0/s1. The molecule has 13 nitrogen and oxygen atoms in total. The van der Waals surface area contributed by atoms with Gasteiger partial charge in [-0.25, -0.2) is 14.8 Å². The van der Waals surface area contributed by atoms with Crippen LogP contribution in [0, 0.1) is 0 Å². The summed E-state index contributed by atoms with van der Waals surface area (Å²) in [7, 11) is -3.78. The van der Waals surface area contributed by atoms with Crippen LogP contribution in [-0.2, 0) is 25.0 Å². The Bertz CT molecular complexity index is 1460. The van der Waals surface area contributed by atoms with Gasteiger partial charge in [-0.3, -0.25) is 14.2 Å². The van der Waals surface area contributed by atoms with Crippen LogP contribution in [-0.4, -0.2) is 94.4 Å². The predicted octanol–water partition coefficient (Wildman–Crippen LogP) is 3.94. The Labute approximate surface area is 256 Å². The van der Waals surface area contributed by atoms with Crippen LogP contribution >= 0.6 is 7.60 Å². The summed E-state index contributed by atoms with van der Waals surface area (Å²) in [6.07, 6.45) is -1.48. The number of rotatable bonds is 13. The lowest BCUT2D eigenvalue weighted by Gasteiger charge is -2.35. The molecule has 2 aromatic carbocycles. The maximum absolute atomic E-state index is 13.7. The molecule has 3 amide bonds. The number of nitrogens with zero attached hydrogens (tertiary/aromatic N) is 4. The van der Waals surface area contributed by atoms with Crippen molar-refractivity contribution in [3.63, 3.8) is 0 Å². The molecule has 14 heteroatoms. The molecule has 1 fully saturated rings. The second-order valence-corrected chi connectivity index (χ2v) is 12.0. The van der Waals surface area contributed by atoms with Crippen molar-refractivity contribution in [2.75, 3.05) is 50.9 Å². The molecule has 1 atom stereocenters. The van der Waals surface area contributed by atoms with Crippen molar-refractivity contribution in [1.82, 2.24) is 25.1 Å². The molecule has 1 saturated heterocycles. The number of carboxylic acid groups (broad SMARTS) is 1. The van der Waals surface area contributed by atoms with Gasteiger partial charge in [-0.1, -0.05) is 60.7 Å². The Kier molecular flexibility index (Phi) is 11.4. The van der Waals surface area contributed by atoms with Gasteiger partial charge in [0.05, 0.1) is 19.4 Å². The molecule has 0 aliphatic carbocycles. The zero-order valence-corrected chi connectivity index (χ0v) is 25.6. The molecule has 44 heavy (non-hydrogen) atoms. The number of piperazine rings is 1. The summed E-state index contributed by atoms with van der Waals surface area (Å²) in [6.45, 7) is 4.36. The van der Waals surface area contributed by atoms with Crippen LogP contribution in [0.1, 0.15) is 29.9 Å². The van der Waals surface area contributed by atoms with Crippen molar-refractivity contribution in [3.05, 3.63) is 78.0 Å². The van der Waals surface area contributed by atoms with Gasteiger partial charge in [-0.05, 0) is 19.4 Å². The maximum atomic E-state index is 13.7. The first-order chi connectivity index (χ1) is 21.2. The van der Waals surface area contributed by atoms with Gasteiger partial charge in [-0.15, -0.1) is 0 Å². The van der Waals surface area contributed by atoms with E-state index < -0.39 is 37.7 Å². The molecule has 1 aliphatic rings. The summed E-state index contributed by atoms with van der Waals surface area (Å²) in [5.41, 5.74) is 1.69. The van der Waals surface area contributed by atoms with E-state index in [2.05, 4.69) is 20.6 Å². The molecule has 3 aromatic rings. The molecular weight excluding hydrogens is 587 g/mol. The van der Waals surface area contributed by atoms with Crippen molar-refractivity contribution >= 4 is 31.3 Å². The van der Waals surface area contributed by atoms with E-state index in [1.54, 1.807) is 13.8 Å². The smallest absolute Gasteiger partial charge is 0.407 e. The van der Waals surface area contributed by atoms with Crippen molar-refractivity contribution in [2.24, 2.45) is 0 Å². The maximum Gasteiger partial charge on any atom is 0.407 e. The first-order valence-electron chi connectivity index (χ1n) is 14.4. The molecule has 234 valence electrons. The van der Waals surface area contributed by atoms with Gasteiger partial charge >= 0.3 is 13.7 Å². The molecule has 4 rings (SSSR count). The average molecular weight is 625 g/mol. The van der Waals surface area contributed by atoms with Crippen LogP contribution in [0.15, 0.2) is 66.7 Å². The summed E-state index contributed by atoms with van der Waals surface area (Å²) in [6, 6.07) is 19.0. The average Bonchev–Trinajstić information content (AvgIpc) is 3.04. The largest absolute Gasteiger partial charge is 0.465 e. The monoisotopic (exact) mass is 624 g/mol. The Morgan fingerprint density at radius 1 is 0.909 bits per heavy atom. The summed E-state index contributed by atoms with van der Waals surface area (Å²) >= 11 is 0. The number of anilines is 1. The van der Waals surface area contributed by atoms with Crippen molar-refractivity contribution in [1.29, 1.82) is 0 Å². The van der Waals surface area contributed by atoms with Gasteiger partial charge < -0.3 is 34.6 Å². The van der Waals surface area contributed by atoms with Crippen molar-refractivity contribution in [3.8, 4) is 11.4 Å². The highest BCUT2D eigenvalue weighted by atomic mass is 31.2. The molecule has 0 saturated carbocycles. The highest BCUT2D eigenvalue weighted by Crippen LogP contribution is 2.48. The second kappa shape index (κ2) is 15.4. The molecular formula is C30H37N6O7P. The van der Waals surface area contributed by atoms with Gasteiger partial charge in [-0.2, -0.15) is 0 Å². The fourth-order valence-electron chi connectivity index (χ4n) is 4.67. The third-order valence-corrected chi connectivity index (χ3v) is 8.95. The quantitative estimate of drug-likeness (QED) is 0.237. The number of benzene rings is 2. The lowest BCUT2D eigenvalue weighted by Crippen LogP contribution is -2.56. The fraction of sp³-hybridized carbons (Fsp3) is 0.367. The molecule has 0 radical (unpaired) electrons. The third-order valence-electron chi connectivity index (χ3n) is 6.83. The van der Waals surface area contributed by atoms with Gasteiger partial charge in [0.1, 0.15) is 17.6 Å². The van der Waals surface area contributed by atoms with E-state index in [1.807, 2.05) is 60.7 Å². The molecule has 1 aliphatic heterocycles. The van der Waals surface area contributed by atoms with Crippen molar-refractivity contribution < 1.29 is 33.1 Å². The van der Waals surface area contributed by atoms with E-state index >= 15 is 0 Å². The van der Waals surface area contributed by atoms with E-state index in [9.17, 15) is 24.1 Å². The lowest BCUT2D eigenvalue weighted by atomic mass is 10.2. The Morgan fingerprint density at radius 2 is 1.50 bits per heavy atom. The van der Waals surface area contributed by atoms with E-state index in [4.69, 9.17) is 9.05 Å². The van der Waals surface area contributed by atoms with E-state index in [-0.39, 0.29) is 45.1 Å². The number of hydrogen-bond acceptors (Lipinski definition) is 9. The number of amides is 3. The van der Waals surface area contributed by atoms with Gasteiger partial charge in [0, 0.05) is 44.4 Å². The Morgan fingerprint density at radius 3 is 2.09 bits per heavy atom. The first-order valence-corrected chi connectivity index (χ1v) is 16.1.